The second-order valence-corrected chi connectivity index (χ2v) is 3.43. The minimum Gasteiger partial charge on any atom is -0.494 e. The second kappa shape index (κ2) is 6.78. The van der Waals surface area contributed by atoms with Gasteiger partial charge in [0, 0.05) is 17.6 Å². The third-order valence-corrected chi connectivity index (χ3v) is 2.43. The SMILES string of the molecule is CC.CCOC(=O)n1ccc2cc(OC)c(F)cc21. The molecule has 4 nitrogen and oxygen atoms in total. The van der Waals surface area contributed by atoms with E-state index in [0.717, 1.165) is 5.39 Å². The van der Waals surface area contributed by atoms with E-state index in [1.165, 1.54) is 17.7 Å². The van der Waals surface area contributed by atoms with E-state index in [2.05, 4.69) is 0 Å². The van der Waals surface area contributed by atoms with Crippen molar-refractivity contribution in [2.45, 2.75) is 20.8 Å². The van der Waals surface area contributed by atoms with Crippen molar-refractivity contribution in [3.63, 3.8) is 0 Å². The molecule has 0 unspecified atom stereocenters. The minimum absolute atomic E-state index is 0.152. The van der Waals surface area contributed by atoms with E-state index in [1.54, 1.807) is 25.3 Å². The molecule has 0 aliphatic carbocycles. The molecule has 104 valence electrons. The predicted molar refractivity (Wildman–Crippen MR) is 72.2 cm³/mol. The molecule has 0 saturated heterocycles. The topological polar surface area (TPSA) is 40.5 Å². The van der Waals surface area contributed by atoms with Crippen molar-refractivity contribution in [2.75, 3.05) is 13.7 Å². The molecule has 2 rings (SSSR count). The zero-order chi connectivity index (χ0) is 14.4. The van der Waals surface area contributed by atoms with Crippen molar-refractivity contribution in [1.29, 1.82) is 0 Å². The molecule has 0 N–H and O–H groups in total. The summed E-state index contributed by atoms with van der Waals surface area (Å²) in [5, 5.41) is 0.719. The predicted octanol–water partition coefficient (Wildman–Crippen LogP) is 3.82. The van der Waals surface area contributed by atoms with E-state index in [1.807, 2.05) is 13.8 Å². The molecule has 1 heterocycles. The fourth-order valence-electron chi connectivity index (χ4n) is 1.64. The Morgan fingerprint density at radius 1 is 1.37 bits per heavy atom. The van der Waals surface area contributed by atoms with Crippen LogP contribution >= 0.6 is 0 Å². The highest BCUT2D eigenvalue weighted by Crippen LogP contribution is 2.25. The molecule has 0 amide bonds. The standard InChI is InChI=1S/C12H12FNO3.C2H6/c1-3-17-12(15)14-5-4-8-6-11(16-2)9(13)7-10(8)14;1-2/h4-7H,3H2,1-2H3;1-2H3. The highest BCUT2D eigenvalue weighted by atomic mass is 19.1. The molecular weight excluding hydrogens is 249 g/mol. The molecule has 0 bridgehead atoms. The summed E-state index contributed by atoms with van der Waals surface area (Å²) in [5.74, 6) is -0.358. The Bertz CT molecular complexity index is 563. The summed E-state index contributed by atoms with van der Waals surface area (Å²) in [6.45, 7) is 5.99. The Morgan fingerprint density at radius 3 is 2.63 bits per heavy atom. The maximum atomic E-state index is 13.5. The molecule has 0 atom stereocenters. The highest BCUT2D eigenvalue weighted by molar-refractivity contribution is 5.90. The van der Waals surface area contributed by atoms with Gasteiger partial charge >= 0.3 is 6.09 Å². The fourth-order valence-corrected chi connectivity index (χ4v) is 1.64. The van der Waals surface area contributed by atoms with Gasteiger partial charge in [-0.25, -0.2) is 9.18 Å². The van der Waals surface area contributed by atoms with Crippen molar-refractivity contribution in [2.24, 2.45) is 0 Å². The molecule has 0 spiro atoms. The van der Waals surface area contributed by atoms with Crippen molar-refractivity contribution >= 4 is 17.0 Å². The Labute approximate surface area is 111 Å². The van der Waals surface area contributed by atoms with Crippen molar-refractivity contribution in [3.05, 3.63) is 30.2 Å². The lowest BCUT2D eigenvalue weighted by molar-refractivity contribution is 0.155. The van der Waals surface area contributed by atoms with Crippen molar-refractivity contribution in [3.8, 4) is 5.75 Å². The summed E-state index contributed by atoms with van der Waals surface area (Å²) in [6, 6.07) is 4.50. The highest BCUT2D eigenvalue weighted by Gasteiger charge is 2.12. The lowest BCUT2D eigenvalue weighted by atomic mass is 10.2. The number of benzene rings is 1. The van der Waals surface area contributed by atoms with Gasteiger partial charge in [-0.05, 0) is 19.1 Å². The molecule has 0 aliphatic rings. The number of nitrogens with zero attached hydrogens (tertiary/aromatic N) is 1. The van der Waals surface area contributed by atoms with E-state index in [-0.39, 0.29) is 12.4 Å². The molecule has 0 fully saturated rings. The maximum absolute atomic E-state index is 13.5. The summed E-state index contributed by atoms with van der Waals surface area (Å²) in [4.78, 5) is 11.6. The number of carbonyl (C=O) groups excluding carboxylic acids is 1. The van der Waals surface area contributed by atoms with Crippen molar-refractivity contribution in [1.82, 2.24) is 4.57 Å². The van der Waals surface area contributed by atoms with Crippen LogP contribution in [-0.2, 0) is 4.74 Å². The van der Waals surface area contributed by atoms with E-state index in [0.29, 0.717) is 5.52 Å². The van der Waals surface area contributed by atoms with Crippen LogP contribution < -0.4 is 4.74 Å². The number of hydrogen-bond donors (Lipinski definition) is 0. The molecule has 0 saturated carbocycles. The number of rotatable bonds is 2. The number of fused-ring (bicyclic) bond motifs is 1. The number of aromatic nitrogens is 1. The third kappa shape index (κ3) is 3.05. The quantitative estimate of drug-likeness (QED) is 0.830. The smallest absolute Gasteiger partial charge is 0.418 e. The second-order valence-electron chi connectivity index (χ2n) is 3.43. The zero-order valence-corrected chi connectivity index (χ0v) is 11.6. The molecule has 2 aromatic rings. The van der Waals surface area contributed by atoms with Gasteiger partial charge in [0.05, 0.1) is 19.2 Å². The fraction of sp³-hybridized carbons (Fsp3) is 0.357. The van der Waals surface area contributed by atoms with Crippen LogP contribution in [0.15, 0.2) is 24.4 Å². The van der Waals surface area contributed by atoms with Crippen LogP contribution in [0.2, 0.25) is 0 Å². The summed E-state index contributed by atoms with van der Waals surface area (Å²) in [7, 11) is 1.40. The average Bonchev–Trinajstić information content (AvgIpc) is 2.83. The van der Waals surface area contributed by atoms with Gasteiger partial charge in [-0.15, -0.1) is 0 Å². The van der Waals surface area contributed by atoms with Gasteiger partial charge in [-0.1, -0.05) is 13.8 Å². The summed E-state index contributed by atoms with van der Waals surface area (Å²) < 4.78 is 24.5. The third-order valence-electron chi connectivity index (χ3n) is 2.43. The molecule has 0 radical (unpaired) electrons. The van der Waals surface area contributed by atoms with Crippen LogP contribution in [0.1, 0.15) is 20.8 Å². The minimum atomic E-state index is -0.521. The Balaban J connectivity index is 0.000000861. The van der Waals surface area contributed by atoms with Gasteiger partial charge in [0.1, 0.15) is 0 Å². The molecule has 1 aromatic carbocycles. The van der Waals surface area contributed by atoms with Gasteiger partial charge in [-0.2, -0.15) is 0 Å². The van der Waals surface area contributed by atoms with Crippen LogP contribution in [0.5, 0.6) is 5.75 Å². The van der Waals surface area contributed by atoms with Crippen LogP contribution in [0.25, 0.3) is 10.9 Å². The lowest BCUT2D eigenvalue weighted by Gasteiger charge is -2.05. The number of ether oxygens (including phenoxy) is 2. The first-order valence-electron chi connectivity index (χ1n) is 6.19. The first-order chi connectivity index (χ1) is 9.17. The Hall–Kier alpha value is -2.04. The number of methoxy groups -OCH3 is 1. The van der Waals surface area contributed by atoms with Crippen LogP contribution in [0.3, 0.4) is 0 Å². The summed E-state index contributed by atoms with van der Waals surface area (Å²) in [6.07, 6.45) is 1.02. The van der Waals surface area contributed by atoms with E-state index < -0.39 is 11.9 Å². The van der Waals surface area contributed by atoms with Gasteiger partial charge in [0.15, 0.2) is 11.6 Å². The van der Waals surface area contributed by atoms with Gasteiger partial charge in [0.2, 0.25) is 0 Å². The molecule has 1 aromatic heterocycles. The summed E-state index contributed by atoms with van der Waals surface area (Å²) >= 11 is 0. The lowest BCUT2D eigenvalue weighted by Crippen LogP contribution is -2.12. The number of carbonyl (C=O) groups is 1. The number of halogens is 1. The van der Waals surface area contributed by atoms with Crippen LogP contribution in [-0.4, -0.2) is 24.4 Å². The molecule has 19 heavy (non-hydrogen) atoms. The Kier molecular flexibility index (Phi) is 5.36. The van der Waals surface area contributed by atoms with Gasteiger partial charge in [-0.3, -0.25) is 4.57 Å². The summed E-state index contributed by atoms with van der Waals surface area (Å²) in [5.41, 5.74) is 0.460. The first kappa shape index (κ1) is 15.0. The van der Waals surface area contributed by atoms with E-state index >= 15 is 0 Å². The largest absolute Gasteiger partial charge is 0.494 e. The van der Waals surface area contributed by atoms with Gasteiger partial charge in [0.25, 0.3) is 0 Å². The van der Waals surface area contributed by atoms with Gasteiger partial charge < -0.3 is 9.47 Å². The van der Waals surface area contributed by atoms with Crippen molar-refractivity contribution < 1.29 is 18.7 Å². The monoisotopic (exact) mass is 267 g/mol. The number of hydrogen-bond acceptors (Lipinski definition) is 3. The molecular formula is C14H18FNO3. The zero-order valence-electron chi connectivity index (χ0n) is 11.6. The van der Waals surface area contributed by atoms with E-state index in [9.17, 15) is 9.18 Å². The van der Waals surface area contributed by atoms with E-state index in [4.69, 9.17) is 9.47 Å². The van der Waals surface area contributed by atoms with Crippen LogP contribution in [0.4, 0.5) is 9.18 Å². The molecule has 0 aliphatic heterocycles. The molecule has 5 heteroatoms. The van der Waals surface area contributed by atoms with Crippen LogP contribution in [0, 0.1) is 5.82 Å². The average molecular weight is 267 g/mol. The first-order valence-corrected chi connectivity index (χ1v) is 6.19. The maximum Gasteiger partial charge on any atom is 0.418 e. The Morgan fingerprint density at radius 2 is 2.05 bits per heavy atom. The normalized spacial score (nSPS) is 9.74.